The second kappa shape index (κ2) is 6.13. The number of aliphatic hydroxyl groups excluding tert-OH is 1. The molecule has 0 amide bonds. The van der Waals surface area contributed by atoms with Crippen molar-refractivity contribution < 1.29 is 5.11 Å². The van der Waals surface area contributed by atoms with Crippen LogP contribution in [0.2, 0.25) is 0 Å². The van der Waals surface area contributed by atoms with E-state index in [-0.39, 0.29) is 6.61 Å². The molecular weight excluding hydrogens is 212 g/mol. The Kier molecular flexibility index (Phi) is 5.10. The average Bonchev–Trinajstić information content (AvgIpc) is 2.59. The Morgan fingerprint density at radius 1 is 1.57 bits per heavy atom. The van der Waals surface area contributed by atoms with Crippen molar-refractivity contribution in [3.05, 3.63) is 21.9 Å². The Hall–Kier alpha value is -0.430. The molecule has 0 saturated heterocycles. The molecule has 3 heteroatoms. The second-order valence-corrected chi connectivity index (χ2v) is 5.68. The Labute approximate surface area is 93.5 Å². The molecule has 0 radical (unpaired) electrons. The van der Waals surface area contributed by atoms with E-state index in [0.717, 1.165) is 11.3 Å². The fourth-order valence-corrected chi connectivity index (χ4v) is 2.57. The highest BCUT2D eigenvalue weighted by Gasteiger charge is 1.99. The molecule has 76 valence electrons. The Morgan fingerprint density at radius 2 is 2.36 bits per heavy atom. The maximum Gasteiger partial charge on any atom is 0.104 e. The molecule has 0 aliphatic carbocycles. The van der Waals surface area contributed by atoms with Crippen LogP contribution in [0, 0.1) is 11.8 Å². The molecule has 1 N–H and O–H groups in total. The molecule has 0 atom stereocenters. The minimum atomic E-state index is -0.0636. The maximum atomic E-state index is 8.54. The predicted molar refractivity (Wildman–Crippen MR) is 64.7 cm³/mol. The zero-order valence-corrected chi connectivity index (χ0v) is 10.0. The zero-order valence-electron chi connectivity index (χ0n) is 8.41. The molecule has 0 bridgehead atoms. The fraction of sp³-hybridized carbons (Fsp3) is 0.455. The van der Waals surface area contributed by atoms with Crippen LogP contribution in [0.4, 0.5) is 0 Å². The summed E-state index contributed by atoms with van der Waals surface area (Å²) in [6, 6.07) is 2.10. The van der Waals surface area contributed by atoms with Gasteiger partial charge in [0, 0.05) is 21.6 Å². The summed E-state index contributed by atoms with van der Waals surface area (Å²) in [5.74, 6) is 6.61. The summed E-state index contributed by atoms with van der Waals surface area (Å²) >= 11 is 3.67. The molecule has 0 fully saturated rings. The quantitative estimate of drug-likeness (QED) is 0.800. The van der Waals surface area contributed by atoms with Crippen LogP contribution in [0.25, 0.3) is 0 Å². The van der Waals surface area contributed by atoms with Crippen LogP contribution in [0.1, 0.15) is 24.3 Å². The molecule has 0 unspecified atom stereocenters. The van der Waals surface area contributed by atoms with Crippen LogP contribution in [-0.4, -0.2) is 17.0 Å². The van der Waals surface area contributed by atoms with Crippen molar-refractivity contribution in [1.29, 1.82) is 0 Å². The van der Waals surface area contributed by atoms with Gasteiger partial charge < -0.3 is 5.11 Å². The first kappa shape index (κ1) is 11.6. The van der Waals surface area contributed by atoms with Gasteiger partial charge in [0.2, 0.25) is 0 Å². The first-order valence-electron chi connectivity index (χ1n) is 4.51. The highest BCUT2D eigenvalue weighted by Crippen LogP contribution is 2.22. The molecule has 1 aromatic heterocycles. The Balaban J connectivity index is 2.51. The molecule has 1 aromatic rings. The van der Waals surface area contributed by atoms with Gasteiger partial charge in [0.05, 0.1) is 0 Å². The summed E-state index contributed by atoms with van der Waals surface area (Å²) in [7, 11) is 0. The maximum absolute atomic E-state index is 8.54. The molecule has 0 saturated carbocycles. The lowest BCUT2D eigenvalue weighted by Gasteiger charge is -2.00. The zero-order chi connectivity index (χ0) is 10.4. The van der Waals surface area contributed by atoms with Gasteiger partial charge in [0.25, 0.3) is 0 Å². The highest BCUT2D eigenvalue weighted by atomic mass is 32.2. The van der Waals surface area contributed by atoms with Gasteiger partial charge in [-0.25, -0.2) is 0 Å². The van der Waals surface area contributed by atoms with Crippen LogP contribution in [0.3, 0.4) is 0 Å². The number of thiophene rings is 1. The standard InChI is InChI=1S/C11H14OS2/c1-9(2)13-8-11-6-10(7-14-11)4-3-5-12/h6-7,9,12H,5,8H2,1-2H3. The topological polar surface area (TPSA) is 20.2 Å². The van der Waals surface area contributed by atoms with E-state index in [9.17, 15) is 0 Å². The van der Waals surface area contributed by atoms with Crippen molar-refractivity contribution in [2.75, 3.05) is 6.61 Å². The largest absolute Gasteiger partial charge is 0.384 e. The lowest BCUT2D eigenvalue weighted by molar-refractivity contribution is 0.350. The first-order valence-corrected chi connectivity index (χ1v) is 6.44. The van der Waals surface area contributed by atoms with E-state index in [2.05, 4.69) is 31.8 Å². The fourth-order valence-electron chi connectivity index (χ4n) is 0.912. The number of hydrogen-bond donors (Lipinski definition) is 1. The lowest BCUT2D eigenvalue weighted by Crippen LogP contribution is -1.86. The van der Waals surface area contributed by atoms with Crippen molar-refractivity contribution in [3.63, 3.8) is 0 Å². The summed E-state index contributed by atoms with van der Waals surface area (Å²) in [6.45, 7) is 4.33. The molecule has 0 aromatic carbocycles. The second-order valence-electron chi connectivity index (χ2n) is 3.12. The SMILES string of the molecule is CC(C)SCc1cc(C#CCO)cs1. The molecule has 1 nitrogen and oxygen atoms in total. The summed E-state index contributed by atoms with van der Waals surface area (Å²) in [5.41, 5.74) is 1.02. The number of rotatable bonds is 3. The lowest BCUT2D eigenvalue weighted by atomic mass is 10.3. The van der Waals surface area contributed by atoms with E-state index < -0.39 is 0 Å². The van der Waals surface area contributed by atoms with Crippen LogP contribution < -0.4 is 0 Å². The third kappa shape index (κ3) is 4.19. The molecule has 0 aliphatic rings. The van der Waals surface area contributed by atoms with Crippen LogP contribution >= 0.6 is 23.1 Å². The summed E-state index contributed by atoms with van der Waals surface area (Å²) < 4.78 is 0. The molecule has 1 rings (SSSR count). The third-order valence-corrected chi connectivity index (χ3v) is 3.79. The molecule has 0 spiro atoms. The predicted octanol–water partition coefficient (Wildman–Crippen LogP) is 2.73. The van der Waals surface area contributed by atoms with E-state index in [1.165, 1.54) is 4.88 Å². The average molecular weight is 226 g/mol. The van der Waals surface area contributed by atoms with Crippen LogP contribution in [-0.2, 0) is 5.75 Å². The summed E-state index contributed by atoms with van der Waals surface area (Å²) in [6.07, 6.45) is 0. The summed E-state index contributed by atoms with van der Waals surface area (Å²) in [5, 5.41) is 11.2. The van der Waals surface area contributed by atoms with Crippen LogP contribution in [0.15, 0.2) is 11.4 Å². The van der Waals surface area contributed by atoms with Crippen molar-refractivity contribution >= 4 is 23.1 Å². The van der Waals surface area contributed by atoms with Gasteiger partial charge in [-0.3, -0.25) is 0 Å². The molecule has 0 aliphatic heterocycles. The van der Waals surface area contributed by atoms with Gasteiger partial charge in [0.1, 0.15) is 6.61 Å². The minimum Gasteiger partial charge on any atom is -0.384 e. The summed E-state index contributed by atoms with van der Waals surface area (Å²) in [4.78, 5) is 1.35. The monoisotopic (exact) mass is 226 g/mol. The van der Waals surface area contributed by atoms with Gasteiger partial charge in [-0.15, -0.1) is 11.3 Å². The van der Waals surface area contributed by atoms with E-state index in [1.54, 1.807) is 11.3 Å². The van der Waals surface area contributed by atoms with Gasteiger partial charge in [0.15, 0.2) is 0 Å². The van der Waals surface area contributed by atoms with E-state index in [4.69, 9.17) is 5.11 Å². The van der Waals surface area contributed by atoms with Gasteiger partial charge >= 0.3 is 0 Å². The highest BCUT2D eigenvalue weighted by molar-refractivity contribution is 7.99. The van der Waals surface area contributed by atoms with Crippen LogP contribution in [0.5, 0.6) is 0 Å². The van der Waals surface area contributed by atoms with Crippen molar-refractivity contribution in [3.8, 4) is 11.8 Å². The van der Waals surface area contributed by atoms with Crippen molar-refractivity contribution in [2.45, 2.75) is 24.9 Å². The Bertz CT molecular complexity index is 331. The molecule has 14 heavy (non-hydrogen) atoms. The van der Waals surface area contributed by atoms with Gasteiger partial charge in [-0.1, -0.05) is 25.7 Å². The Morgan fingerprint density at radius 3 is 3.00 bits per heavy atom. The third-order valence-electron chi connectivity index (χ3n) is 1.52. The van der Waals surface area contributed by atoms with E-state index in [0.29, 0.717) is 5.25 Å². The number of aliphatic hydroxyl groups is 1. The first-order chi connectivity index (χ1) is 6.72. The van der Waals surface area contributed by atoms with Gasteiger partial charge in [-0.2, -0.15) is 11.8 Å². The molecule has 1 heterocycles. The van der Waals surface area contributed by atoms with Gasteiger partial charge in [-0.05, 0) is 11.3 Å². The van der Waals surface area contributed by atoms with E-state index in [1.807, 2.05) is 17.1 Å². The number of thioether (sulfide) groups is 1. The number of hydrogen-bond acceptors (Lipinski definition) is 3. The minimum absolute atomic E-state index is 0.0636. The normalized spacial score (nSPS) is 10.0. The van der Waals surface area contributed by atoms with Crippen molar-refractivity contribution in [2.24, 2.45) is 0 Å². The molecular formula is C11H14OS2. The van der Waals surface area contributed by atoms with E-state index >= 15 is 0 Å². The smallest absolute Gasteiger partial charge is 0.104 e. The van der Waals surface area contributed by atoms with Crippen molar-refractivity contribution in [1.82, 2.24) is 0 Å².